The van der Waals surface area contributed by atoms with E-state index in [-0.39, 0.29) is 5.91 Å². The highest BCUT2D eigenvalue weighted by Crippen LogP contribution is 2.28. The topological polar surface area (TPSA) is 62.6 Å². The van der Waals surface area contributed by atoms with Gasteiger partial charge in [-0.2, -0.15) is 0 Å². The molecule has 174 valence electrons. The van der Waals surface area contributed by atoms with E-state index in [4.69, 9.17) is 9.72 Å². The number of nitrogens with zero attached hydrogens (tertiary/aromatic N) is 4. The van der Waals surface area contributed by atoms with Gasteiger partial charge in [0.25, 0.3) is 5.91 Å². The Balaban J connectivity index is 1.39. The summed E-state index contributed by atoms with van der Waals surface area (Å²) in [6.07, 6.45) is 3.98. The summed E-state index contributed by atoms with van der Waals surface area (Å²) < 4.78 is 7.49. The molecule has 0 spiro atoms. The van der Waals surface area contributed by atoms with Crippen molar-refractivity contribution in [1.29, 1.82) is 0 Å². The minimum atomic E-state index is -0.103. The molecule has 0 unspecified atom stereocenters. The largest absolute Gasteiger partial charge is 0.381 e. The second-order valence-electron chi connectivity index (χ2n) is 9.32. The Morgan fingerprint density at radius 3 is 2.52 bits per heavy atom. The van der Waals surface area contributed by atoms with Crippen molar-refractivity contribution >= 4 is 22.5 Å². The van der Waals surface area contributed by atoms with Crippen LogP contribution in [0.15, 0.2) is 42.6 Å². The van der Waals surface area contributed by atoms with Gasteiger partial charge in [0.05, 0.1) is 11.2 Å². The Morgan fingerprint density at radius 1 is 1.06 bits per heavy atom. The van der Waals surface area contributed by atoms with Gasteiger partial charge in [-0.05, 0) is 50.1 Å². The standard InChI is InChI=1S/C26H33N5O2/c1-29-11-13-31(14-12-29)21-5-3-20(4-6-21)23-17-24-22(7-10-30(24)2)25(28-23)26(32)27-18-19-8-15-33-16-9-19/h3-7,10,17,19H,8-9,11-16,18H2,1-2H3,(H,27,32). The van der Waals surface area contributed by atoms with Gasteiger partial charge in [0.15, 0.2) is 0 Å². The number of aryl methyl sites for hydroxylation is 1. The molecule has 7 nitrogen and oxygen atoms in total. The number of ether oxygens (including phenoxy) is 1. The van der Waals surface area contributed by atoms with Crippen LogP contribution in [0.2, 0.25) is 0 Å². The van der Waals surface area contributed by atoms with E-state index < -0.39 is 0 Å². The minimum Gasteiger partial charge on any atom is -0.381 e. The third kappa shape index (κ3) is 4.75. The highest BCUT2D eigenvalue weighted by atomic mass is 16.5. The lowest BCUT2D eigenvalue weighted by Gasteiger charge is -2.34. The Hall–Kier alpha value is -2.90. The van der Waals surface area contributed by atoms with Crippen LogP contribution in [0.1, 0.15) is 23.3 Å². The number of hydrogen-bond donors (Lipinski definition) is 1. The van der Waals surface area contributed by atoms with Crippen LogP contribution in [0.4, 0.5) is 5.69 Å². The van der Waals surface area contributed by atoms with Gasteiger partial charge in [-0.25, -0.2) is 4.98 Å². The smallest absolute Gasteiger partial charge is 0.270 e. The van der Waals surface area contributed by atoms with Gasteiger partial charge in [-0.1, -0.05) is 12.1 Å². The number of nitrogens with one attached hydrogen (secondary N) is 1. The number of aromatic nitrogens is 2. The molecule has 2 aromatic heterocycles. The van der Waals surface area contributed by atoms with E-state index in [0.29, 0.717) is 18.2 Å². The molecule has 1 aromatic carbocycles. The highest BCUT2D eigenvalue weighted by Gasteiger charge is 2.20. The van der Waals surface area contributed by atoms with Crippen LogP contribution in [-0.4, -0.2) is 73.3 Å². The second-order valence-corrected chi connectivity index (χ2v) is 9.32. The lowest BCUT2D eigenvalue weighted by atomic mass is 10.0. The highest BCUT2D eigenvalue weighted by molar-refractivity contribution is 6.05. The Kier molecular flexibility index (Phi) is 6.33. The number of benzene rings is 1. The van der Waals surface area contributed by atoms with Gasteiger partial charge in [0, 0.05) is 75.8 Å². The van der Waals surface area contributed by atoms with E-state index in [1.807, 2.05) is 23.9 Å². The molecule has 2 fully saturated rings. The summed E-state index contributed by atoms with van der Waals surface area (Å²) in [7, 11) is 4.18. The van der Waals surface area contributed by atoms with Crippen molar-refractivity contribution in [1.82, 2.24) is 19.8 Å². The summed E-state index contributed by atoms with van der Waals surface area (Å²) in [5.41, 5.74) is 4.60. The molecule has 0 atom stereocenters. The molecule has 4 heterocycles. The first kappa shape index (κ1) is 21.9. The van der Waals surface area contributed by atoms with Crippen molar-refractivity contribution in [3.05, 3.63) is 48.3 Å². The average molecular weight is 448 g/mol. The predicted octanol–water partition coefficient (Wildman–Crippen LogP) is 3.15. The molecule has 7 heteroatoms. The summed E-state index contributed by atoms with van der Waals surface area (Å²) in [5.74, 6) is 0.368. The van der Waals surface area contributed by atoms with Gasteiger partial charge >= 0.3 is 0 Å². The van der Waals surface area contributed by atoms with E-state index in [1.54, 1.807) is 0 Å². The van der Waals surface area contributed by atoms with E-state index in [2.05, 4.69) is 52.5 Å². The minimum absolute atomic E-state index is 0.103. The van der Waals surface area contributed by atoms with Gasteiger partial charge in [0.1, 0.15) is 5.69 Å². The fourth-order valence-corrected chi connectivity index (χ4v) is 4.76. The van der Waals surface area contributed by atoms with E-state index in [9.17, 15) is 4.79 Å². The molecule has 5 rings (SSSR count). The molecule has 1 N–H and O–H groups in total. The predicted molar refractivity (Wildman–Crippen MR) is 132 cm³/mol. The Morgan fingerprint density at radius 2 is 1.79 bits per heavy atom. The summed E-state index contributed by atoms with van der Waals surface area (Å²) in [6.45, 7) is 6.48. The van der Waals surface area contributed by atoms with Crippen LogP contribution in [0.3, 0.4) is 0 Å². The maximum Gasteiger partial charge on any atom is 0.270 e. The molecule has 3 aromatic rings. The average Bonchev–Trinajstić information content (AvgIpc) is 3.24. The van der Waals surface area contributed by atoms with Gasteiger partial charge in [-0.15, -0.1) is 0 Å². The van der Waals surface area contributed by atoms with Crippen LogP contribution in [0, 0.1) is 5.92 Å². The summed E-state index contributed by atoms with van der Waals surface area (Å²) >= 11 is 0. The molecule has 0 saturated carbocycles. The molecule has 1 amide bonds. The van der Waals surface area contributed by atoms with Gasteiger partial charge in [0.2, 0.25) is 0 Å². The lowest BCUT2D eigenvalue weighted by Crippen LogP contribution is -2.44. The molecule has 2 saturated heterocycles. The van der Waals surface area contributed by atoms with Crippen molar-refractivity contribution in [3.8, 4) is 11.3 Å². The molecule has 0 aliphatic carbocycles. The van der Waals surface area contributed by atoms with E-state index in [1.165, 1.54) is 5.69 Å². The zero-order valence-electron chi connectivity index (χ0n) is 19.6. The van der Waals surface area contributed by atoms with Crippen molar-refractivity contribution in [2.45, 2.75) is 12.8 Å². The first-order valence-corrected chi connectivity index (χ1v) is 11.9. The maximum absolute atomic E-state index is 13.2. The Labute approximate surface area is 195 Å². The van der Waals surface area contributed by atoms with Crippen molar-refractivity contribution < 1.29 is 9.53 Å². The first-order valence-electron chi connectivity index (χ1n) is 11.9. The number of fused-ring (bicyclic) bond motifs is 1. The van der Waals surface area contributed by atoms with Crippen LogP contribution in [0.25, 0.3) is 22.2 Å². The van der Waals surface area contributed by atoms with E-state index >= 15 is 0 Å². The lowest BCUT2D eigenvalue weighted by molar-refractivity contribution is 0.0642. The van der Waals surface area contributed by atoms with Crippen molar-refractivity contribution in [2.75, 3.05) is 57.9 Å². The molecule has 33 heavy (non-hydrogen) atoms. The number of pyridine rings is 1. The summed E-state index contributed by atoms with van der Waals surface area (Å²) in [4.78, 5) is 22.8. The second kappa shape index (κ2) is 9.53. The maximum atomic E-state index is 13.2. The molecule has 0 bridgehead atoms. The number of anilines is 1. The molecular formula is C26H33N5O2. The number of likely N-dealkylation sites (N-methyl/N-ethyl adjacent to an activating group) is 1. The molecular weight excluding hydrogens is 414 g/mol. The molecule has 0 radical (unpaired) electrons. The fraction of sp³-hybridized carbons (Fsp3) is 0.462. The number of carbonyl (C=O) groups is 1. The van der Waals surface area contributed by atoms with Crippen molar-refractivity contribution in [2.24, 2.45) is 13.0 Å². The number of carbonyl (C=O) groups excluding carboxylic acids is 1. The quantitative estimate of drug-likeness (QED) is 0.651. The number of rotatable bonds is 5. The number of piperazine rings is 1. The molecule has 2 aliphatic rings. The third-order valence-corrected chi connectivity index (χ3v) is 7.02. The van der Waals surface area contributed by atoms with Crippen LogP contribution < -0.4 is 10.2 Å². The summed E-state index contributed by atoms with van der Waals surface area (Å²) in [6, 6.07) is 12.6. The van der Waals surface area contributed by atoms with Gasteiger partial charge in [-0.3, -0.25) is 4.79 Å². The third-order valence-electron chi connectivity index (χ3n) is 7.02. The summed E-state index contributed by atoms with van der Waals surface area (Å²) in [5, 5.41) is 4.02. The number of hydrogen-bond acceptors (Lipinski definition) is 5. The molecule has 2 aliphatic heterocycles. The van der Waals surface area contributed by atoms with Crippen LogP contribution >= 0.6 is 0 Å². The van der Waals surface area contributed by atoms with Crippen LogP contribution in [0.5, 0.6) is 0 Å². The normalized spacial score (nSPS) is 18.1. The fourth-order valence-electron chi connectivity index (χ4n) is 4.76. The first-order chi connectivity index (χ1) is 16.1. The zero-order chi connectivity index (χ0) is 22.8. The number of amides is 1. The SMILES string of the molecule is CN1CCN(c2ccc(-c3cc4c(ccn4C)c(C(=O)NCC4CCOCC4)n3)cc2)CC1. The van der Waals surface area contributed by atoms with Crippen LogP contribution in [-0.2, 0) is 11.8 Å². The van der Waals surface area contributed by atoms with E-state index in [0.717, 1.165) is 74.4 Å². The van der Waals surface area contributed by atoms with Gasteiger partial charge < -0.3 is 24.4 Å². The Bertz CT molecular complexity index is 1110. The zero-order valence-corrected chi connectivity index (χ0v) is 19.6. The monoisotopic (exact) mass is 447 g/mol. The van der Waals surface area contributed by atoms with Crippen molar-refractivity contribution in [3.63, 3.8) is 0 Å².